The normalized spacial score (nSPS) is 13.2. The molecule has 1 aliphatic heterocycles. The molecular formula is C20H20N2O4. The van der Waals surface area contributed by atoms with Gasteiger partial charge >= 0.3 is 0 Å². The summed E-state index contributed by atoms with van der Waals surface area (Å²) in [5.74, 6) is -0.189. The molecule has 3 amide bonds. The third kappa shape index (κ3) is 3.31. The lowest BCUT2D eigenvalue weighted by Crippen LogP contribution is -2.24. The molecule has 0 unspecified atom stereocenters. The van der Waals surface area contributed by atoms with E-state index in [0.717, 1.165) is 4.90 Å². The highest BCUT2D eigenvalue weighted by Crippen LogP contribution is 2.26. The van der Waals surface area contributed by atoms with Crippen LogP contribution >= 0.6 is 0 Å². The quantitative estimate of drug-likeness (QED) is 0.839. The van der Waals surface area contributed by atoms with Crippen LogP contribution in [0.4, 0.5) is 5.69 Å². The topological polar surface area (TPSA) is 75.7 Å². The number of carbonyl (C=O) groups excluding carboxylic acids is 3. The maximum Gasteiger partial charge on any atom is 0.261 e. The summed E-state index contributed by atoms with van der Waals surface area (Å²) in [6.45, 7) is 4.62. The molecule has 6 heteroatoms. The van der Waals surface area contributed by atoms with E-state index in [9.17, 15) is 14.4 Å². The van der Waals surface area contributed by atoms with Crippen LogP contribution in [0.1, 0.15) is 44.9 Å². The van der Waals surface area contributed by atoms with Crippen LogP contribution in [0.3, 0.4) is 0 Å². The first-order chi connectivity index (χ1) is 12.4. The van der Waals surface area contributed by atoms with Crippen LogP contribution in [0.15, 0.2) is 42.5 Å². The molecule has 0 aliphatic carbocycles. The highest BCUT2D eigenvalue weighted by molar-refractivity contribution is 6.22. The van der Waals surface area contributed by atoms with Crippen LogP contribution < -0.4 is 10.1 Å². The first kappa shape index (κ1) is 17.7. The smallest absolute Gasteiger partial charge is 0.261 e. The largest absolute Gasteiger partial charge is 0.491 e. The molecule has 1 aliphatic rings. The molecule has 0 atom stereocenters. The summed E-state index contributed by atoms with van der Waals surface area (Å²) in [4.78, 5) is 37.7. The second kappa shape index (κ2) is 7.00. The minimum atomic E-state index is -0.402. The van der Waals surface area contributed by atoms with E-state index in [2.05, 4.69) is 5.32 Å². The fraction of sp³-hybridized carbons (Fsp3) is 0.250. The third-order valence-corrected chi connectivity index (χ3v) is 4.06. The monoisotopic (exact) mass is 352 g/mol. The molecule has 1 heterocycles. The molecule has 0 fully saturated rings. The molecule has 6 nitrogen and oxygen atoms in total. The van der Waals surface area contributed by atoms with E-state index in [1.165, 1.54) is 25.2 Å². The standard InChI is InChI=1S/C20H20N2O4/c1-12(2)11-26-17-7-5-4-6-16(17)21-18(23)13-8-9-14-15(10-13)20(25)22(3)19(14)24/h4-10,12H,11H2,1-3H3,(H,21,23). The fourth-order valence-electron chi connectivity index (χ4n) is 2.65. The maximum absolute atomic E-state index is 12.6. The van der Waals surface area contributed by atoms with Crippen LogP contribution in [-0.2, 0) is 0 Å². The van der Waals surface area contributed by atoms with Gasteiger partial charge in [0.15, 0.2) is 0 Å². The molecule has 0 saturated carbocycles. The van der Waals surface area contributed by atoms with E-state index in [1.54, 1.807) is 18.2 Å². The lowest BCUT2D eigenvalue weighted by molar-refractivity contribution is 0.0693. The Labute approximate surface area is 151 Å². The lowest BCUT2D eigenvalue weighted by Gasteiger charge is -2.14. The first-order valence-electron chi connectivity index (χ1n) is 8.38. The van der Waals surface area contributed by atoms with Gasteiger partial charge in [-0.15, -0.1) is 0 Å². The van der Waals surface area contributed by atoms with Crippen molar-refractivity contribution in [3.63, 3.8) is 0 Å². The number of hydrogen-bond acceptors (Lipinski definition) is 4. The molecule has 134 valence electrons. The average molecular weight is 352 g/mol. The first-order valence-corrected chi connectivity index (χ1v) is 8.38. The Hall–Kier alpha value is -3.15. The second-order valence-corrected chi connectivity index (χ2v) is 6.58. The Morgan fingerprint density at radius 3 is 2.50 bits per heavy atom. The van der Waals surface area contributed by atoms with Gasteiger partial charge < -0.3 is 10.1 Å². The number of ether oxygens (including phenoxy) is 1. The van der Waals surface area contributed by atoms with Gasteiger partial charge in [-0.1, -0.05) is 26.0 Å². The molecule has 1 N–H and O–H groups in total. The minimum absolute atomic E-state index is 0.245. The zero-order valence-electron chi connectivity index (χ0n) is 14.9. The summed E-state index contributed by atoms with van der Waals surface area (Å²) in [6.07, 6.45) is 0. The molecule has 0 bridgehead atoms. The number of imide groups is 1. The number of rotatable bonds is 5. The highest BCUT2D eigenvalue weighted by Gasteiger charge is 2.33. The van der Waals surface area contributed by atoms with Crippen molar-refractivity contribution in [2.75, 3.05) is 19.0 Å². The van der Waals surface area contributed by atoms with E-state index in [-0.39, 0.29) is 17.4 Å². The molecule has 0 radical (unpaired) electrons. The van der Waals surface area contributed by atoms with Crippen molar-refractivity contribution in [1.29, 1.82) is 0 Å². The van der Waals surface area contributed by atoms with Crippen LogP contribution in [0.5, 0.6) is 5.75 Å². The second-order valence-electron chi connectivity index (χ2n) is 6.58. The van der Waals surface area contributed by atoms with Crippen molar-refractivity contribution >= 4 is 23.4 Å². The van der Waals surface area contributed by atoms with E-state index in [0.29, 0.717) is 35.1 Å². The van der Waals surface area contributed by atoms with Gasteiger partial charge in [0.25, 0.3) is 17.7 Å². The predicted molar refractivity (Wildman–Crippen MR) is 97.6 cm³/mol. The van der Waals surface area contributed by atoms with Crippen molar-refractivity contribution in [3.05, 3.63) is 59.2 Å². The third-order valence-electron chi connectivity index (χ3n) is 4.06. The maximum atomic E-state index is 12.6. The predicted octanol–water partition coefficient (Wildman–Crippen LogP) is 3.20. The average Bonchev–Trinajstić information content (AvgIpc) is 2.85. The van der Waals surface area contributed by atoms with Gasteiger partial charge in [-0.05, 0) is 36.2 Å². The molecule has 2 aromatic rings. The molecule has 26 heavy (non-hydrogen) atoms. The zero-order chi connectivity index (χ0) is 18.8. The molecule has 0 spiro atoms. The number of fused-ring (bicyclic) bond motifs is 1. The minimum Gasteiger partial charge on any atom is -0.491 e. The summed E-state index contributed by atoms with van der Waals surface area (Å²) in [6, 6.07) is 11.7. The van der Waals surface area contributed by atoms with Gasteiger partial charge in [-0.2, -0.15) is 0 Å². The highest BCUT2D eigenvalue weighted by atomic mass is 16.5. The van der Waals surface area contributed by atoms with Crippen LogP contribution in [0, 0.1) is 5.92 Å². The fourth-order valence-corrected chi connectivity index (χ4v) is 2.65. The Morgan fingerprint density at radius 2 is 1.77 bits per heavy atom. The van der Waals surface area contributed by atoms with Crippen molar-refractivity contribution in [1.82, 2.24) is 4.90 Å². The van der Waals surface area contributed by atoms with Gasteiger partial charge in [0, 0.05) is 12.6 Å². The van der Waals surface area contributed by atoms with Crippen molar-refractivity contribution in [2.45, 2.75) is 13.8 Å². The van der Waals surface area contributed by atoms with Gasteiger partial charge in [0.2, 0.25) is 0 Å². The van der Waals surface area contributed by atoms with Crippen LogP contribution in [0.25, 0.3) is 0 Å². The number of nitrogens with zero attached hydrogens (tertiary/aromatic N) is 1. The Kier molecular flexibility index (Phi) is 4.75. The zero-order valence-corrected chi connectivity index (χ0v) is 14.9. The van der Waals surface area contributed by atoms with E-state index < -0.39 is 5.91 Å². The van der Waals surface area contributed by atoms with E-state index >= 15 is 0 Å². The van der Waals surface area contributed by atoms with E-state index in [1.807, 2.05) is 19.9 Å². The Balaban J connectivity index is 1.82. The van der Waals surface area contributed by atoms with Crippen LogP contribution in [0.2, 0.25) is 0 Å². The summed E-state index contributed by atoms with van der Waals surface area (Å²) < 4.78 is 5.73. The molecule has 0 saturated heterocycles. The van der Waals surface area contributed by atoms with Gasteiger partial charge in [0.05, 0.1) is 23.4 Å². The lowest BCUT2D eigenvalue weighted by atomic mass is 10.1. The number of amides is 3. The van der Waals surface area contributed by atoms with E-state index in [4.69, 9.17) is 4.74 Å². The summed E-state index contributed by atoms with van der Waals surface area (Å²) in [5, 5.41) is 2.81. The van der Waals surface area contributed by atoms with Gasteiger partial charge in [-0.25, -0.2) is 0 Å². The van der Waals surface area contributed by atoms with Gasteiger partial charge in [0.1, 0.15) is 5.75 Å². The summed E-state index contributed by atoms with van der Waals surface area (Å²) >= 11 is 0. The number of para-hydroxylation sites is 2. The number of benzene rings is 2. The van der Waals surface area contributed by atoms with Gasteiger partial charge in [-0.3, -0.25) is 19.3 Å². The number of carbonyl (C=O) groups is 3. The summed E-state index contributed by atoms with van der Waals surface area (Å²) in [7, 11) is 1.42. The van der Waals surface area contributed by atoms with Crippen molar-refractivity contribution in [3.8, 4) is 5.75 Å². The molecule has 0 aromatic heterocycles. The summed E-state index contributed by atoms with van der Waals surface area (Å²) in [5.41, 5.74) is 1.42. The Morgan fingerprint density at radius 1 is 1.08 bits per heavy atom. The number of nitrogens with one attached hydrogen (secondary N) is 1. The SMILES string of the molecule is CC(C)COc1ccccc1NC(=O)c1ccc2c(c1)C(=O)N(C)C2=O. The van der Waals surface area contributed by atoms with Crippen LogP contribution in [-0.4, -0.2) is 36.3 Å². The van der Waals surface area contributed by atoms with Crippen molar-refractivity contribution in [2.24, 2.45) is 5.92 Å². The molecule has 3 rings (SSSR count). The number of anilines is 1. The molecule has 2 aromatic carbocycles. The number of hydrogen-bond donors (Lipinski definition) is 1. The van der Waals surface area contributed by atoms with Crippen molar-refractivity contribution < 1.29 is 19.1 Å². The Bertz CT molecular complexity index is 889. The molecular weight excluding hydrogens is 332 g/mol.